The molecule has 1 aliphatic rings. The second kappa shape index (κ2) is 3.12. The maximum Gasteiger partial charge on any atom is 0.239 e. The van der Waals surface area contributed by atoms with E-state index in [9.17, 15) is 4.79 Å². The zero-order chi connectivity index (χ0) is 9.26. The predicted molar refractivity (Wildman–Crippen MR) is 48.7 cm³/mol. The van der Waals surface area contributed by atoms with Gasteiger partial charge in [0.2, 0.25) is 5.91 Å². The summed E-state index contributed by atoms with van der Waals surface area (Å²) in [5.74, 6) is 0.946. The number of carbonyl (C=O) groups excluding carboxylic acids is 1. The van der Waals surface area contributed by atoms with Gasteiger partial charge in [0.15, 0.2) is 0 Å². The third kappa shape index (κ3) is 1.52. The van der Waals surface area contributed by atoms with Crippen LogP contribution in [0.3, 0.4) is 0 Å². The fourth-order valence-electron chi connectivity index (χ4n) is 1.55. The molecule has 1 aromatic heterocycles. The van der Waals surface area contributed by atoms with Gasteiger partial charge >= 0.3 is 0 Å². The molecular formula is C9H12N2O2. The Morgan fingerprint density at radius 3 is 3.08 bits per heavy atom. The fraction of sp³-hybridized carbons (Fsp3) is 0.444. The van der Waals surface area contributed by atoms with Gasteiger partial charge in [0.05, 0.1) is 18.5 Å². The summed E-state index contributed by atoms with van der Waals surface area (Å²) >= 11 is 0. The Hall–Kier alpha value is -1.45. The predicted octanol–water partition coefficient (Wildman–Crippen LogP) is 0.524. The lowest BCUT2D eigenvalue weighted by Gasteiger charge is -2.27. The highest BCUT2D eigenvalue weighted by Crippen LogP contribution is 2.20. The quantitative estimate of drug-likeness (QED) is 0.685. The summed E-state index contributed by atoms with van der Waals surface area (Å²) < 4.78 is 5.18. The monoisotopic (exact) mass is 180 g/mol. The molecule has 0 radical (unpaired) electrons. The summed E-state index contributed by atoms with van der Waals surface area (Å²) in [5.41, 5.74) is 1.02. The van der Waals surface area contributed by atoms with E-state index in [-0.39, 0.29) is 5.91 Å². The smallest absolute Gasteiger partial charge is 0.239 e. The fourth-order valence-corrected chi connectivity index (χ4v) is 1.55. The summed E-state index contributed by atoms with van der Waals surface area (Å²) in [6, 6.07) is 1.90. The maximum absolute atomic E-state index is 11.1. The van der Waals surface area contributed by atoms with Crippen molar-refractivity contribution < 1.29 is 9.21 Å². The Kier molecular flexibility index (Phi) is 1.96. The minimum Gasteiger partial charge on any atom is -0.467 e. The highest BCUT2D eigenvalue weighted by molar-refractivity contribution is 5.82. The minimum absolute atomic E-state index is 0.0758. The van der Waals surface area contributed by atoms with Crippen LogP contribution in [0, 0.1) is 6.92 Å². The van der Waals surface area contributed by atoms with Crippen molar-refractivity contribution in [2.45, 2.75) is 6.92 Å². The number of hydrogen-bond donors (Lipinski definition) is 1. The zero-order valence-electron chi connectivity index (χ0n) is 7.54. The lowest BCUT2D eigenvalue weighted by Crippen LogP contribution is -2.47. The number of carbonyl (C=O) groups is 1. The van der Waals surface area contributed by atoms with Gasteiger partial charge in [0.1, 0.15) is 5.76 Å². The molecule has 4 nitrogen and oxygen atoms in total. The molecular weight excluding hydrogens is 168 g/mol. The summed E-state index contributed by atoms with van der Waals surface area (Å²) in [6.07, 6.45) is 1.65. The first-order chi connectivity index (χ1) is 6.27. The topological polar surface area (TPSA) is 45.5 Å². The van der Waals surface area contributed by atoms with Crippen molar-refractivity contribution in [3.05, 3.63) is 18.1 Å². The standard InChI is InChI=1S/C9H12N2O2/c1-7-8(2-5-13-7)11-4-3-10-9(12)6-11/h2,5H,3-4,6H2,1H3,(H,10,12). The molecule has 0 unspecified atom stereocenters. The summed E-state index contributed by atoms with van der Waals surface area (Å²) in [4.78, 5) is 13.1. The Morgan fingerprint density at radius 1 is 1.62 bits per heavy atom. The number of amides is 1. The molecule has 4 heteroatoms. The second-order valence-electron chi connectivity index (χ2n) is 3.13. The molecule has 0 aliphatic carbocycles. The van der Waals surface area contributed by atoms with E-state index in [1.807, 2.05) is 17.9 Å². The lowest BCUT2D eigenvalue weighted by molar-refractivity contribution is -0.120. The zero-order valence-corrected chi connectivity index (χ0v) is 7.54. The first kappa shape index (κ1) is 8.16. The normalized spacial score (nSPS) is 17.3. The van der Waals surface area contributed by atoms with Crippen LogP contribution in [0.25, 0.3) is 0 Å². The molecule has 0 spiro atoms. The Bertz CT molecular complexity index is 319. The van der Waals surface area contributed by atoms with Crippen LogP contribution in [-0.2, 0) is 4.79 Å². The van der Waals surface area contributed by atoms with Gasteiger partial charge in [0.25, 0.3) is 0 Å². The van der Waals surface area contributed by atoms with Crippen LogP contribution < -0.4 is 10.2 Å². The van der Waals surface area contributed by atoms with Gasteiger partial charge in [-0.05, 0) is 6.92 Å². The number of hydrogen-bond acceptors (Lipinski definition) is 3. The van der Waals surface area contributed by atoms with Crippen molar-refractivity contribution in [2.75, 3.05) is 24.5 Å². The number of rotatable bonds is 1. The molecule has 1 aromatic rings. The van der Waals surface area contributed by atoms with Crippen LogP contribution in [0.4, 0.5) is 5.69 Å². The molecule has 0 atom stereocenters. The Morgan fingerprint density at radius 2 is 2.46 bits per heavy atom. The molecule has 70 valence electrons. The van der Waals surface area contributed by atoms with Crippen molar-refractivity contribution in [3.8, 4) is 0 Å². The van der Waals surface area contributed by atoms with Crippen molar-refractivity contribution in [1.82, 2.24) is 5.32 Å². The molecule has 1 saturated heterocycles. The first-order valence-corrected chi connectivity index (χ1v) is 4.33. The highest BCUT2D eigenvalue weighted by atomic mass is 16.3. The SMILES string of the molecule is Cc1occc1N1CCNC(=O)C1. The number of nitrogens with zero attached hydrogens (tertiary/aromatic N) is 1. The van der Waals surface area contributed by atoms with Crippen LogP contribution in [0.1, 0.15) is 5.76 Å². The Labute approximate surface area is 76.5 Å². The summed E-state index contributed by atoms with van der Waals surface area (Å²) in [5, 5.41) is 2.78. The van der Waals surface area contributed by atoms with Crippen LogP contribution in [0.15, 0.2) is 16.7 Å². The number of piperazine rings is 1. The van der Waals surface area contributed by atoms with Gasteiger partial charge < -0.3 is 14.6 Å². The van der Waals surface area contributed by atoms with Crippen LogP contribution in [0.5, 0.6) is 0 Å². The van der Waals surface area contributed by atoms with Gasteiger partial charge in [0, 0.05) is 19.2 Å². The highest BCUT2D eigenvalue weighted by Gasteiger charge is 2.18. The number of nitrogens with one attached hydrogen (secondary N) is 1. The largest absolute Gasteiger partial charge is 0.467 e. The van der Waals surface area contributed by atoms with Gasteiger partial charge in [-0.1, -0.05) is 0 Å². The molecule has 0 saturated carbocycles. The van der Waals surface area contributed by atoms with Gasteiger partial charge in [-0.3, -0.25) is 4.79 Å². The van der Waals surface area contributed by atoms with E-state index in [0.29, 0.717) is 13.1 Å². The second-order valence-corrected chi connectivity index (χ2v) is 3.13. The molecule has 1 aliphatic heterocycles. The molecule has 1 N–H and O–H groups in total. The molecule has 2 rings (SSSR count). The van der Waals surface area contributed by atoms with Crippen molar-refractivity contribution in [2.24, 2.45) is 0 Å². The van der Waals surface area contributed by atoms with E-state index >= 15 is 0 Å². The van der Waals surface area contributed by atoms with Crippen molar-refractivity contribution in [1.29, 1.82) is 0 Å². The van der Waals surface area contributed by atoms with Gasteiger partial charge in [-0.2, -0.15) is 0 Å². The molecule has 0 bridgehead atoms. The third-order valence-electron chi connectivity index (χ3n) is 2.21. The maximum atomic E-state index is 11.1. The number of aryl methyl sites for hydroxylation is 1. The average Bonchev–Trinajstić information content (AvgIpc) is 2.51. The lowest BCUT2D eigenvalue weighted by atomic mass is 10.3. The van der Waals surface area contributed by atoms with E-state index in [2.05, 4.69) is 5.32 Å². The van der Waals surface area contributed by atoms with Gasteiger partial charge in [-0.25, -0.2) is 0 Å². The molecule has 1 fully saturated rings. The van der Waals surface area contributed by atoms with Crippen molar-refractivity contribution >= 4 is 11.6 Å². The first-order valence-electron chi connectivity index (χ1n) is 4.33. The van der Waals surface area contributed by atoms with Crippen molar-refractivity contribution in [3.63, 3.8) is 0 Å². The molecule has 2 heterocycles. The summed E-state index contributed by atoms with van der Waals surface area (Å²) in [6.45, 7) is 3.90. The van der Waals surface area contributed by atoms with E-state index in [0.717, 1.165) is 18.0 Å². The van der Waals surface area contributed by atoms with E-state index in [1.165, 1.54) is 0 Å². The average molecular weight is 180 g/mol. The molecule has 1 amide bonds. The van der Waals surface area contributed by atoms with Gasteiger partial charge in [-0.15, -0.1) is 0 Å². The van der Waals surface area contributed by atoms with E-state index in [1.54, 1.807) is 6.26 Å². The van der Waals surface area contributed by atoms with Crippen LogP contribution >= 0.6 is 0 Å². The van der Waals surface area contributed by atoms with Crippen LogP contribution in [0.2, 0.25) is 0 Å². The minimum atomic E-state index is 0.0758. The summed E-state index contributed by atoms with van der Waals surface area (Å²) in [7, 11) is 0. The number of furan rings is 1. The molecule has 0 aromatic carbocycles. The Balaban J connectivity index is 2.17. The van der Waals surface area contributed by atoms with E-state index in [4.69, 9.17) is 4.42 Å². The number of anilines is 1. The van der Waals surface area contributed by atoms with Crippen LogP contribution in [-0.4, -0.2) is 25.5 Å². The third-order valence-corrected chi connectivity index (χ3v) is 2.21. The molecule has 13 heavy (non-hydrogen) atoms. The van der Waals surface area contributed by atoms with E-state index < -0.39 is 0 Å².